The van der Waals surface area contributed by atoms with Crippen molar-refractivity contribution in [2.24, 2.45) is 0 Å². The van der Waals surface area contributed by atoms with Crippen LogP contribution in [0.5, 0.6) is 0 Å². The molecule has 0 saturated carbocycles. The first-order chi connectivity index (χ1) is 9.31. The number of carbonyl (C=O) groups is 2. The number of rotatable bonds is 5. The molecule has 20 heavy (non-hydrogen) atoms. The predicted molar refractivity (Wildman–Crippen MR) is 79.8 cm³/mol. The van der Waals surface area contributed by atoms with Crippen LogP contribution in [0.3, 0.4) is 0 Å². The molecule has 0 heterocycles. The molecule has 0 fully saturated rings. The van der Waals surface area contributed by atoms with Crippen molar-refractivity contribution in [3.8, 4) is 0 Å². The van der Waals surface area contributed by atoms with Crippen molar-refractivity contribution in [1.29, 1.82) is 0 Å². The van der Waals surface area contributed by atoms with Crippen molar-refractivity contribution in [2.75, 3.05) is 12.9 Å². The van der Waals surface area contributed by atoms with Crippen LogP contribution >= 0.6 is 11.8 Å². The summed E-state index contributed by atoms with van der Waals surface area (Å²) in [6, 6.07) is 7.15. The van der Waals surface area contributed by atoms with Gasteiger partial charge in [-0.25, -0.2) is 4.79 Å². The van der Waals surface area contributed by atoms with E-state index in [4.69, 9.17) is 4.74 Å². The highest BCUT2D eigenvalue weighted by Gasteiger charge is 2.15. The number of benzene rings is 1. The third-order valence-corrected chi connectivity index (χ3v) is 3.26. The number of thioether (sulfide) groups is 1. The molecule has 0 aliphatic heterocycles. The SMILES string of the molecule is COC(=O)c1ccc(CSCC(=O)OC(C)(C)C)cc1. The van der Waals surface area contributed by atoms with Gasteiger partial charge in [-0.1, -0.05) is 12.1 Å². The largest absolute Gasteiger partial charge is 0.465 e. The molecule has 0 spiro atoms. The van der Waals surface area contributed by atoms with E-state index in [9.17, 15) is 9.59 Å². The van der Waals surface area contributed by atoms with Crippen LogP contribution in [0.4, 0.5) is 0 Å². The molecule has 0 unspecified atom stereocenters. The van der Waals surface area contributed by atoms with E-state index in [1.165, 1.54) is 18.9 Å². The van der Waals surface area contributed by atoms with Gasteiger partial charge in [-0.2, -0.15) is 0 Å². The lowest BCUT2D eigenvalue weighted by Crippen LogP contribution is -2.24. The summed E-state index contributed by atoms with van der Waals surface area (Å²) in [5, 5.41) is 0. The predicted octanol–water partition coefficient (Wildman–Crippen LogP) is 3.05. The van der Waals surface area contributed by atoms with Gasteiger partial charge in [-0.3, -0.25) is 4.79 Å². The van der Waals surface area contributed by atoms with Crippen molar-refractivity contribution in [3.05, 3.63) is 35.4 Å². The Labute approximate surface area is 123 Å². The molecule has 4 nitrogen and oxygen atoms in total. The van der Waals surface area contributed by atoms with Crippen LogP contribution in [-0.4, -0.2) is 30.4 Å². The molecule has 0 aromatic heterocycles. The number of hydrogen-bond acceptors (Lipinski definition) is 5. The van der Waals surface area contributed by atoms with E-state index in [-0.39, 0.29) is 11.9 Å². The third-order valence-electron chi connectivity index (χ3n) is 2.28. The van der Waals surface area contributed by atoms with Crippen LogP contribution in [-0.2, 0) is 20.0 Å². The normalized spacial score (nSPS) is 11.0. The van der Waals surface area contributed by atoms with E-state index in [0.29, 0.717) is 17.1 Å². The van der Waals surface area contributed by atoms with E-state index in [0.717, 1.165) is 5.56 Å². The fourth-order valence-electron chi connectivity index (χ4n) is 1.48. The van der Waals surface area contributed by atoms with Gasteiger partial charge in [0.25, 0.3) is 0 Å². The van der Waals surface area contributed by atoms with Gasteiger partial charge in [0.05, 0.1) is 18.4 Å². The maximum Gasteiger partial charge on any atom is 0.337 e. The molecule has 0 aliphatic rings. The standard InChI is InChI=1S/C15H20O4S/c1-15(2,3)19-13(16)10-20-9-11-5-7-12(8-6-11)14(17)18-4/h5-8H,9-10H2,1-4H3. The van der Waals surface area contributed by atoms with Gasteiger partial charge in [0.1, 0.15) is 5.60 Å². The molecule has 0 N–H and O–H groups in total. The number of carbonyl (C=O) groups excluding carboxylic acids is 2. The lowest BCUT2D eigenvalue weighted by atomic mass is 10.1. The summed E-state index contributed by atoms with van der Waals surface area (Å²) in [6.07, 6.45) is 0. The smallest absolute Gasteiger partial charge is 0.337 e. The minimum absolute atomic E-state index is 0.214. The molecular weight excluding hydrogens is 276 g/mol. The minimum atomic E-state index is -0.445. The van der Waals surface area contributed by atoms with E-state index < -0.39 is 5.60 Å². The Morgan fingerprint density at radius 2 is 1.75 bits per heavy atom. The van der Waals surface area contributed by atoms with Crippen molar-refractivity contribution >= 4 is 23.7 Å². The number of esters is 2. The van der Waals surface area contributed by atoms with Crippen molar-refractivity contribution in [2.45, 2.75) is 32.1 Å². The van der Waals surface area contributed by atoms with Crippen LogP contribution in [0.25, 0.3) is 0 Å². The first kappa shape index (κ1) is 16.6. The summed E-state index contributed by atoms with van der Waals surface area (Å²) in [4.78, 5) is 22.8. The average Bonchev–Trinajstić information content (AvgIpc) is 2.36. The van der Waals surface area contributed by atoms with Crippen LogP contribution < -0.4 is 0 Å². The van der Waals surface area contributed by atoms with E-state index >= 15 is 0 Å². The molecule has 5 heteroatoms. The Kier molecular flexibility index (Phi) is 6.07. The Morgan fingerprint density at radius 1 is 1.15 bits per heavy atom. The second-order valence-corrected chi connectivity index (χ2v) is 6.25. The van der Waals surface area contributed by atoms with Gasteiger partial charge in [0, 0.05) is 5.75 Å². The fourth-order valence-corrected chi connectivity index (χ4v) is 2.23. The Bertz CT molecular complexity index is 460. The van der Waals surface area contributed by atoms with Crippen LogP contribution in [0.1, 0.15) is 36.7 Å². The molecule has 1 rings (SSSR count). The fraction of sp³-hybridized carbons (Fsp3) is 0.467. The zero-order valence-corrected chi connectivity index (χ0v) is 13.1. The third kappa shape index (κ3) is 6.10. The van der Waals surface area contributed by atoms with Crippen LogP contribution in [0.15, 0.2) is 24.3 Å². The number of hydrogen-bond donors (Lipinski definition) is 0. The molecule has 0 amide bonds. The molecule has 0 bridgehead atoms. The molecule has 110 valence electrons. The second-order valence-electron chi connectivity index (χ2n) is 5.27. The Balaban J connectivity index is 2.39. The van der Waals surface area contributed by atoms with E-state index in [2.05, 4.69) is 4.74 Å². The van der Waals surface area contributed by atoms with Gasteiger partial charge in [0.2, 0.25) is 0 Å². The van der Waals surface area contributed by atoms with Crippen LogP contribution in [0, 0.1) is 0 Å². The molecule has 1 aromatic rings. The highest BCUT2D eigenvalue weighted by Crippen LogP contribution is 2.15. The Hall–Kier alpha value is -1.49. The summed E-state index contributed by atoms with van der Waals surface area (Å²) in [6.45, 7) is 5.54. The first-order valence-corrected chi connectivity index (χ1v) is 7.44. The maximum absolute atomic E-state index is 11.5. The molecule has 0 aliphatic carbocycles. The zero-order chi connectivity index (χ0) is 15.2. The lowest BCUT2D eigenvalue weighted by molar-refractivity contribution is -0.151. The summed E-state index contributed by atoms with van der Waals surface area (Å²) in [5.41, 5.74) is 1.12. The first-order valence-electron chi connectivity index (χ1n) is 6.28. The van der Waals surface area contributed by atoms with E-state index in [1.54, 1.807) is 12.1 Å². The van der Waals surface area contributed by atoms with Gasteiger partial charge in [-0.05, 0) is 38.5 Å². The summed E-state index contributed by atoms with van der Waals surface area (Å²) in [5.74, 6) is 0.447. The monoisotopic (exact) mass is 296 g/mol. The van der Waals surface area contributed by atoms with Gasteiger partial charge < -0.3 is 9.47 Å². The number of methoxy groups -OCH3 is 1. The minimum Gasteiger partial charge on any atom is -0.465 e. The van der Waals surface area contributed by atoms with Gasteiger partial charge in [0.15, 0.2) is 0 Å². The summed E-state index contributed by atoms with van der Waals surface area (Å²) in [7, 11) is 1.35. The highest BCUT2D eigenvalue weighted by molar-refractivity contribution is 7.99. The summed E-state index contributed by atoms with van der Waals surface area (Å²) < 4.78 is 9.85. The Morgan fingerprint density at radius 3 is 2.25 bits per heavy atom. The van der Waals surface area contributed by atoms with Gasteiger partial charge in [-0.15, -0.1) is 11.8 Å². The lowest BCUT2D eigenvalue weighted by Gasteiger charge is -2.19. The summed E-state index contributed by atoms with van der Waals surface area (Å²) >= 11 is 1.48. The average molecular weight is 296 g/mol. The zero-order valence-electron chi connectivity index (χ0n) is 12.3. The topological polar surface area (TPSA) is 52.6 Å². The second kappa shape index (κ2) is 7.33. The van der Waals surface area contributed by atoms with Crippen LogP contribution in [0.2, 0.25) is 0 Å². The maximum atomic E-state index is 11.5. The molecular formula is C15H20O4S. The van der Waals surface area contributed by atoms with Crippen molar-refractivity contribution in [3.63, 3.8) is 0 Å². The van der Waals surface area contributed by atoms with Gasteiger partial charge >= 0.3 is 11.9 Å². The number of ether oxygens (including phenoxy) is 2. The quantitative estimate of drug-likeness (QED) is 0.782. The molecule has 0 atom stereocenters. The van der Waals surface area contributed by atoms with Crippen molar-refractivity contribution in [1.82, 2.24) is 0 Å². The van der Waals surface area contributed by atoms with Crippen molar-refractivity contribution < 1.29 is 19.1 Å². The van der Waals surface area contributed by atoms with E-state index in [1.807, 2.05) is 32.9 Å². The molecule has 1 aromatic carbocycles. The molecule has 0 radical (unpaired) electrons. The highest BCUT2D eigenvalue weighted by atomic mass is 32.2. The molecule has 0 saturated heterocycles.